The van der Waals surface area contributed by atoms with Crippen LogP contribution in [0.15, 0.2) is 42.5 Å². The zero-order valence-corrected chi connectivity index (χ0v) is 12.7. The third kappa shape index (κ3) is 2.38. The smallest absolute Gasteiger partial charge is 0.261 e. The van der Waals surface area contributed by atoms with E-state index in [4.69, 9.17) is 0 Å². The summed E-state index contributed by atoms with van der Waals surface area (Å²) in [6.45, 7) is 1.97. The van der Waals surface area contributed by atoms with Crippen LogP contribution in [0.1, 0.15) is 53.9 Å². The lowest BCUT2D eigenvalue weighted by Gasteiger charge is -2.08. The topological polar surface area (TPSA) is 94.6 Å². The van der Waals surface area contributed by atoms with Crippen LogP contribution in [0.25, 0.3) is 0 Å². The number of nitrogens with zero attached hydrogens (tertiary/aromatic N) is 1. The number of amides is 2. The molecule has 0 fully saturated rings. The van der Waals surface area contributed by atoms with Crippen LogP contribution in [0.2, 0.25) is 0 Å². The van der Waals surface area contributed by atoms with E-state index in [1.807, 2.05) is 0 Å². The van der Waals surface area contributed by atoms with E-state index < -0.39 is 11.9 Å². The molecular weight excluding hydrogens is 310 g/mol. The second kappa shape index (κ2) is 5.73. The first-order valence-electron chi connectivity index (χ1n) is 7.30. The summed E-state index contributed by atoms with van der Waals surface area (Å²) in [4.78, 5) is 48.6. The average molecular weight is 322 g/mol. The van der Waals surface area contributed by atoms with Crippen molar-refractivity contribution >= 4 is 23.6 Å². The van der Waals surface area contributed by atoms with Crippen molar-refractivity contribution in [1.29, 1.82) is 0 Å². The zero-order valence-electron chi connectivity index (χ0n) is 12.7. The highest BCUT2D eigenvalue weighted by atomic mass is 16.4. The summed E-state index contributed by atoms with van der Waals surface area (Å²) in [6.07, 6.45) is 0. The van der Waals surface area contributed by atoms with Crippen LogP contribution in [0.4, 0.5) is 0 Å². The number of carboxylic acids is 1. The van der Waals surface area contributed by atoms with Gasteiger partial charge in [-0.15, -0.1) is 0 Å². The minimum absolute atomic E-state index is 0.0279. The molecule has 3 rings (SSSR count). The molecule has 0 radical (unpaired) electrons. The minimum atomic E-state index is -1.32. The molecule has 2 aromatic carbocycles. The van der Waals surface area contributed by atoms with Crippen LogP contribution >= 0.6 is 0 Å². The number of carbonyl (C=O) groups excluding carboxylic acids is 4. The lowest BCUT2D eigenvalue weighted by Crippen LogP contribution is -2.29. The number of hydrogen-bond acceptors (Lipinski definition) is 5. The quantitative estimate of drug-likeness (QED) is 0.615. The molecule has 24 heavy (non-hydrogen) atoms. The summed E-state index contributed by atoms with van der Waals surface area (Å²) in [5.41, 5.74) is 1.00. The number of hydrogen-bond donors (Lipinski definition) is 0. The Balaban J connectivity index is 1.96. The summed E-state index contributed by atoms with van der Waals surface area (Å²) >= 11 is 0. The van der Waals surface area contributed by atoms with Gasteiger partial charge in [-0.1, -0.05) is 30.3 Å². The molecule has 1 heterocycles. The number of imide groups is 1. The summed E-state index contributed by atoms with van der Waals surface area (Å²) in [5, 5.41) is 10.7. The first-order chi connectivity index (χ1) is 11.4. The fourth-order valence-corrected chi connectivity index (χ4v) is 2.64. The maximum absolute atomic E-state index is 12.5. The standard InChI is InChI=1S/C18H13NO5/c1-2-19-16(21)13-8-7-12(9-14(13)17(19)22)15(20)10-3-5-11(6-4-10)18(23)24/h3-9H,2H2,1H3,(H,23,24)/p-1. The first-order valence-corrected chi connectivity index (χ1v) is 7.30. The van der Waals surface area contributed by atoms with E-state index in [9.17, 15) is 24.3 Å². The Morgan fingerprint density at radius 2 is 1.42 bits per heavy atom. The van der Waals surface area contributed by atoms with Crippen LogP contribution in [0.5, 0.6) is 0 Å². The average Bonchev–Trinajstić information content (AvgIpc) is 2.84. The van der Waals surface area contributed by atoms with E-state index in [1.54, 1.807) is 6.92 Å². The lowest BCUT2D eigenvalue weighted by molar-refractivity contribution is -0.255. The molecule has 6 heteroatoms. The van der Waals surface area contributed by atoms with Crippen molar-refractivity contribution in [3.63, 3.8) is 0 Å². The second-order valence-corrected chi connectivity index (χ2v) is 5.31. The van der Waals surface area contributed by atoms with Crippen LogP contribution in [-0.4, -0.2) is 35.0 Å². The van der Waals surface area contributed by atoms with Gasteiger partial charge in [-0.25, -0.2) is 0 Å². The third-order valence-corrected chi connectivity index (χ3v) is 3.93. The molecule has 0 saturated carbocycles. The number of rotatable bonds is 4. The molecule has 1 aliphatic rings. The number of carbonyl (C=O) groups is 4. The van der Waals surface area contributed by atoms with Crippen molar-refractivity contribution in [2.45, 2.75) is 6.92 Å². The highest BCUT2D eigenvalue weighted by Crippen LogP contribution is 2.24. The Morgan fingerprint density at radius 1 is 0.875 bits per heavy atom. The van der Waals surface area contributed by atoms with Crippen LogP contribution < -0.4 is 5.11 Å². The first kappa shape index (κ1) is 15.6. The Morgan fingerprint density at radius 3 is 2.00 bits per heavy atom. The third-order valence-electron chi connectivity index (χ3n) is 3.93. The van der Waals surface area contributed by atoms with Crippen molar-refractivity contribution in [1.82, 2.24) is 4.90 Å². The molecule has 0 spiro atoms. The molecule has 6 nitrogen and oxygen atoms in total. The van der Waals surface area contributed by atoms with Gasteiger partial charge in [0.05, 0.1) is 17.1 Å². The molecular formula is C18H12NO5-. The summed E-state index contributed by atoms with van der Waals surface area (Å²) < 4.78 is 0. The molecule has 2 aromatic rings. The van der Waals surface area contributed by atoms with Gasteiger partial charge in [-0.05, 0) is 24.6 Å². The fourth-order valence-electron chi connectivity index (χ4n) is 2.64. The van der Waals surface area contributed by atoms with Crippen LogP contribution in [-0.2, 0) is 0 Å². The van der Waals surface area contributed by atoms with Crippen LogP contribution in [0.3, 0.4) is 0 Å². The summed E-state index contributed by atoms with van der Waals surface area (Å²) in [5.74, 6) is -2.47. The van der Waals surface area contributed by atoms with Crippen molar-refractivity contribution in [2.24, 2.45) is 0 Å². The van der Waals surface area contributed by atoms with Gasteiger partial charge in [0.2, 0.25) is 0 Å². The Bertz CT molecular complexity index is 883. The normalized spacial score (nSPS) is 13.1. The van der Waals surface area contributed by atoms with Gasteiger partial charge in [0.1, 0.15) is 0 Å². The van der Waals surface area contributed by atoms with Crippen molar-refractivity contribution in [3.05, 3.63) is 70.3 Å². The maximum Gasteiger partial charge on any atom is 0.261 e. The van der Waals surface area contributed by atoms with Gasteiger partial charge >= 0.3 is 0 Å². The van der Waals surface area contributed by atoms with Gasteiger partial charge in [0.25, 0.3) is 11.8 Å². The van der Waals surface area contributed by atoms with Crippen molar-refractivity contribution in [2.75, 3.05) is 6.54 Å². The van der Waals surface area contributed by atoms with Gasteiger partial charge in [0, 0.05) is 17.7 Å². The molecule has 0 N–H and O–H groups in total. The Labute approximate surface area is 137 Å². The monoisotopic (exact) mass is 322 g/mol. The van der Waals surface area contributed by atoms with E-state index in [-0.39, 0.29) is 46.1 Å². The van der Waals surface area contributed by atoms with Crippen molar-refractivity contribution < 1.29 is 24.3 Å². The van der Waals surface area contributed by atoms with E-state index in [1.165, 1.54) is 42.5 Å². The molecule has 0 atom stereocenters. The number of carboxylic acid groups (broad SMARTS) is 1. The largest absolute Gasteiger partial charge is 0.545 e. The van der Waals surface area contributed by atoms with E-state index in [2.05, 4.69) is 0 Å². The molecule has 2 amide bonds. The predicted molar refractivity (Wildman–Crippen MR) is 81.7 cm³/mol. The molecule has 0 aliphatic carbocycles. The maximum atomic E-state index is 12.5. The molecule has 1 aliphatic heterocycles. The second-order valence-electron chi connectivity index (χ2n) is 5.31. The Kier molecular flexibility index (Phi) is 3.73. The fraction of sp³-hybridized carbons (Fsp3) is 0.111. The number of benzene rings is 2. The lowest BCUT2D eigenvalue weighted by atomic mass is 9.98. The van der Waals surface area contributed by atoms with Gasteiger partial charge in [0.15, 0.2) is 5.78 Å². The molecule has 120 valence electrons. The Hall–Kier alpha value is -3.28. The van der Waals surface area contributed by atoms with Gasteiger partial charge in [-0.3, -0.25) is 19.3 Å². The number of aromatic carboxylic acids is 1. The molecule has 0 aromatic heterocycles. The van der Waals surface area contributed by atoms with E-state index >= 15 is 0 Å². The van der Waals surface area contributed by atoms with E-state index in [0.717, 1.165) is 4.90 Å². The molecule has 0 bridgehead atoms. The van der Waals surface area contributed by atoms with Crippen LogP contribution in [0, 0.1) is 0 Å². The summed E-state index contributed by atoms with van der Waals surface area (Å²) in [7, 11) is 0. The number of ketones is 1. The highest BCUT2D eigenvalue weighted by Gasteiger charge is 2.34. The minimum Gasteiger partial charge on any atom is -0.545 e. The molecule has 0 saturated heterocycles. The van der Waals surface area contributed by atoms with Crippen molar-refractivity contribution in [3.8, 4) is 0 Å². The highest BCUT2D eigenvalue weighted by molar-refractivity contribution is 6.22. The SMILES string of the molecule is CCN1C(=O)c2ccc(C(=O)c3ccc(C(=O)[O-])cc3)cc2C1=O. The van der Waals surface area contributed by atoms with E-state index in [0.29, 0.717) is 0 Å². The summed E-state index contributed by atoms with van der Waals surface area (Å²) in [6, 6.07) is 9.68. The van der Waals surface area contributed by atoms with Gasteiger partial charge < -0.3 is 9.90 Å². The molecule has 0 unspecified atom stereocenters. The zero-order chi connectivity index (χ0) is 17.4. The van der Waals surface area contributed by atoms with Gasteiger partial charge in [-0.2, -0.15) is 0 Å². The number of fused-ring (bicyclic) bond motifs is 1. The predicted octanol–water partition coefficient (Wildman–Crippen LogP) is 0.897.